The summed E-state index contributed by atoms with van der Waals surface area (Å²) in [7, 11) is 1.38. The van der Waals surface area contributed by atoms with Crippen LogP contribution in [-0.2, 0) is 14.3 Å². The third-order valence-electron chi connectivity index (χ3n) is 3.40. The fraction of sp³-hybridized carbons (Fsp3) is 0.846. The molecule has 4 heteroatoms. The van der Waals surface area contributed by atoms with Crippen LogP contribution < -0.4 is 0 Å². The maximum Gasteiger partial charge on any atom is 0.305 e. The molecule has 0 spiro atoms. The minimum atomic E-state index is -0.216. The Kier molecular flexibility index (Phi) is 6.01. The van der Waals surface area contributed by atoms with E-state index in [1.54, 1.807) is 0 Å². The molecule has 0 aromatic carbocycles. The summed E-state index contributed by atoms with van der Waals surface area (Å²) >= 11 is 0. The van der Waals surface area contributed by atoms with Gasteiger partial charge in [-0.1, -0.05) is 6.92 Å². The van der Waals surface area contributed by atoms with E-state index < -0.39 is 0 Å². The van der Waals surface area contributed by atoms with E-state index in [2.05, 4.69) is 11.7 Å². The molecule has 0 heterocycles. The van der Waals surface area contributed by atoms with E-state index in [0.717, 1.165) is 18.8 Å². The molecule has 0 aromatic heterocycles. The van der Waals surface area contributed by atoms with Crippen molar-refractivity contribution in [2.75, 3.05) is 13.7 Å². The van der Waals surface area contributed by atoms with Gasteiger partial charge < -0.3 is 9.47 Å². The van der Waals surface area contributed by atoms with Crippen molar-refractivity contribution < 1.29 is 14.3 Å². The van der Waals surface area contributed by atoms with Crippen LogP contribution in [0.25, 0.3) is 0 Å². The Hall–Kier alpha value is -1.06. The maximum atomic E-state index is 10.9. The summed E-state index contributed by atoms with van der Waals surface area (Å²) < 4.78 is 9.92. The Labute approximate surface area is 103 Å². The monoisotopic (exact) mass is 241 g/mol. The van der Waals surface area contributed by atoms with Crippen LogP contribution in [0, 0.1) is 17.2 Å². The number of methoxy groups -OCH3 is 1. The van der Waals surface area contributed by atoms with Crippen LogP contribution in [-0.4, -0.2) is 25.6 Å². The van der Waals surface area contributed by atoms with E-state index in [9.17, 15) is 4.79 Å². The summed E-state index contributed by atoms with van der Waals surface area (Å²) in [5, 5.41) is 7.84. The van der Waals surface area contributed by atoms with Crippen molar-refractivity contribution in [3.05, 3.63) is 0 Å². The van der Waals surface area contributed by atoms with E-state index in [1.165, 1.54) is 20.0 Å². The summed E-state index contributed by atoms with van der Waals surface area (Å²) in [6.45, 7) is 2.71. The molecule has 0 atom stereocenters. The summed E-state index contributed by atoms with van der Waals surface area (Å²) in [5.74, 6) is 1.27. The lowest BCUT2D eigenvalue weighted by Gasteiger charge is -2.26. The summed E-state index contributed by atoms with van der Waals surface area (Å²) in [4.78, 5) is 10.9. The van der Waals surface area contributed by atoms with E-state index >= 15 is 0 Å². The second kappa shape index (κ2) is 7.30. The Balaban J connectivity index is 2.10. The number of hydrogen-bond donors (Lipinski definition) is 1. The fourth-order valence-electron chi connectivity index (χ4n) is 2.14. The predicted octanol–water partition coefficient (Wildman–Crippen LogP) is 2.76. The first-order valence-electron chi connectivity index (χ1n) is 6.41. The van der Waals surface area contributed by atoms with Crippen molar-refractivity contribution in [3.63, 3.8) is 0 Å². The average Bonchev–Trinajstić information content (AvgIpc) is 2.34. The molecule has 0 aliphatic heterocycles. The van der Waals surface area contributed by atoms with Crippen LogP contribution in [0.5, 0.6) is 0 Å². The van der Waals surface area contributed by atoms with Crippen LogP contribution in [0.2, 0.25) is 0 Å². The van der Waals surface area contributed by atoms with E-state index in [4.69, 9.17) is 10.1 Å². The van der Waals surface area contributed by atoms with Gasteiger partial charge in [0.05, 0.1) is 13.7 Å². The molecular weight excluding hydrogens is 218 g/mol. The van der Waals surface area contributed by atoms with Crippen molar-refractivity contribution in [3.8, 4) is 0 Å². The minimum Gasteiger partial charge on any atom is -0.481 e. The molecule has 17 heavy (non-hydrogen) atoms. The maximum absolute atomic E-state index is 10.9. The second-order valence-electron chi connectivity index (χ2n) is 4.85. The molecule has 0 saturated heterocycles. The molecule has 1 rings (SSSR count). The molecule has 0 amide bonds. The Morgan fingerprint density at radius 1 is 1.29 bits per heavy atom. The van der Waals surface area contributed by atoms with Crippen LogP contribution in [0.4, 0.5) is 0 Å². The van der Waals surface area contributed by atoms with Crippen molar-refractivity contribution in [1.82, 2.24) is 0 Å². The standard InChI is InChI=1S/C13H23NO3/c1-10-5-7-11(8-6-10)13(14)17-9-3-4-12(15)16-2/h10-11,14H,3-9H2,1-2H3. The Bertz CT molecular complexity index is 257. The number of esters is 1. The minimum absolute atomic E-state index is 0.216. The molecule has 0 radical (unpaired) electrons. The van der Waals surface area contributed by atoms with Gasteiger partial charge in [0.15, 0.2) is 5.90 Å². The normalized spacial score (nSPS) is 24.1. The Morgan fingerprint density at radius 2 is 1.94 bits per heavy atom. The van der Waals surface area contributed by atoms with Gasteiger partial charge in [-0.3, -0.25) is 10.2 Å². The van der Waals surface area contributed by atoms with Crippen LogP contribution in [0.15, 0.2) is 0 Å². The summed E-state index contributed by atoms with van der Waals surface area (Å²) in [6, 6.07) is 0. The average molecular weight is 241 g/mol. The molecular formula is C13H23NO3. The van der Waals surface area contributed by atoms with Gasteiger partial charge in [0, 0.05) is 12.3 Å². The highest BCUT2D eigenvalue weighted by Gasteiger charge is 2.22. The molecule has 0 unspecified atom stereocenters. The second-order valence-corrected chi connectivity index (χ2v) is 4.85. The largest absolute Gasteiger partial charge is 0.481 e. The molecule has 0 aromatic rings. The van der Waals surface area contributed by atoms with Gasteiger partial charge in [0.2, 0.25) is 0 Å². The first-order chi connectivity index (χ1) is 8.13. The van der Waals surface area contributed by atoms with E-state index in [-0.39, 0.29) is 5.97 Å². The highest BCUT2D eigenvalue weighted by molar-refractivity contribution is 5.75. The quantitative estimate of drug-likeness (QED) is 0.348. The van der Waals surface area contributed by atoms with Crippen LogP contribution >= 0.6 is 0 Å². The molecule has 1 saturated carbocycles. The van der Waals surface area contributed by atoms with Gasteiger partial charge in [0.25, 0.3) is 0 Å². The lowest BCUT2D eigenvalue weighted by atomic mass is 9.83. The van der Waals surface area contributed by atoms with Gasteiger partial charge in [-0.25, -0.2) is 0 Å². The molecule has 1 aliphatic rings. The van der Waals surface area contributed by atoms with Gasteiger partial charge in [0.1, 0.15) is 0 Å². The highest BCUT2D eigenvalue weighted by Crippen LogP contribution is 2.29. The zero-order valence-electron chi connectivity index (χ0n) is 10.8. The van der Waals surface area contributed by atoms with Gasteiger partial charge in [-0.15, -0.1) is 0 Å². The fourth-order valence-corrected chi connectivity index (χ4v) is 2.14. The van der Waals surface area contributed by atoms with Crippen LogP contribution in [0.1, 0.15) is 45.4 Å². The molecule has 1 aliphatic carbocycles. The zero-order chi connectivity index (χ0) is 12.7. The number of ether oxygens (including phenoxy) is 2. The zero-order valence-corrected chi connectivity index (χ0v) is 10.8. The summed E-state index contributed by atoms with van der Waals surface area (Å²) in [6.07, 6.45) is 5.51. The molecule has 1 fully saturated rings. The number of carbonyl (C=O) groups excluding carboxylic acids is 1. The number of hydrogen-bond acceptors (Lipinski definition) is 4. The van der Waals surface area contributed by atoms with Crippen molar-refractivity contribution in [2.45, 2.75) is 45.4 Å². The number of nitrogens with one attached hydrogen (secondary N) is 1. The molecule has 0 bridgehead atoms. The smallest absolute Gasteiger partial charge is 0.305 e. The first-order valence-corrected chi connectivity index (χ1v) is 6.41. The first kappa shape index (κ1) is 14.0. The van der Waals surface area contributed by atoms with E-state index in [1.807, 2.05) is 0 Å². The lowest BCUT2D eigenvalue weighted by Crippen LogP contribution is -2.22. The molecule has 4 nitrogen and oxygen atoms in total. The molecule has 1 N–H and O–H groups in total. The number of carbonyl (C=O) groups is 1. The molecule has 98 valence electrons. The van der Waals surface area contributed by atoms with Gasteiger partial charge >= 0.3 is 5.97 Å². The van der Waals surface area contributed by atoms with Crippen molar-refractivity contribution in [1.29, 1.82) is 5.41 Å². The van der Waals surface area contributed by atoms with Crippen LogP contribution in [0.3, 0.4) is 0 Å². The van der Waals surface area contributed by atoms with Gasteiger partial charge in [-0.05, 0) is 38.0 Å². The van der Waals surface area contributed by atoms with E-state index in [0.29, 0.717) is 31.3 Å². The predicted molar refractivity (Wildman–Crippen MR) is 66.1 cm³/mol. The van der Waals surface area contributed by atoms with Crippen molar-refractivity contribution in [2.24, 2.45) is 11.8 Å². The third kappa shape index (κ3) is 5.20. The number of rotatable bonds is 5. The topological polar surface area (TPSA) is 59.4 Å². The Morgan fingerprint density at radius 3 is 2.53 bits per heavy atom. The summed E-state index contributed by atoms with van der Waals surface area (Å²) in [5.41, 5.74) is 0. The van der Waals surface area contributed by atoms with Crippen molar-refractivity contribution >= 4 is 11.9 Å². The SMILES string of the molecule is COC(=O)CCCOC(=N)C1CCC(C)CC1. The van der Waals surface area contributed by atoms with Gasteiger partial charge in [-0.2, -0.15) is 0 Å². The third-order valence-corrected chi connectivity index (χ3v) is 3.40. The lowest BCUT2D eigenvalue weighted by molar-refractivity contribution is -0.140. The highest BCUT2D eigenvalue weighted by atomic mass is 16.5.